The van der Waals surface area contributed by atoms with E-state index in [1.165, 1.54) is 24.8 Å². The molecule has 1 aliphatic rings. The third-order valence-electron chi connectivity index (χ3n) is 4.82. The molecule has 1 aliphatic heterocycles. The molecule has 1 saturated heterocycles. The molecule has 0 spiro atoms. The largest absolute Gasteiger partial charge is 0.507 e. The number of nitrogens with zero attached hydrogens (tertiary/aromatic N) is 5. The first-order valence-electron chi connectivity index (χ1n) is 9.42. The lowest BCUT2D eigenvalue weighted by Crippen LogP contribution is -2.46. The minimum atomic E-state index is -0.606. The SMILES string of the molecule is COc1ncnc2sc(NC(=O)ON3CCN(Cc4cccc(C)c4O)CC3)nc12. The summed E-state index contributed by atoms with van der Waals surface area (Å²) in [7, 11) is 1.50. The normalized spacial score (nSPS) is 15.3. The lowest BCUT2D eigenvalue weighted by Gasteiger charge is -2.33. The molecule has 1 aromatic carbocycles. The van der Waals surface area contributed by atoms with Crippen LogP contribution in [0, 0.1) is 6.92 Å². The summed E-state index contributed by atoms with van der Waals surface area (Å²) >= 11 is 1.22. The Bertz CT molecular complexity index is 1050. The number of aryl methyl sites for hydroxylation is 1. The average molecular weight is 430 g/mol. The molecule has 1 fully saturated rings. The first-order valence-corrected chi connectivity index (χ1v) is 10.2. The van der Waals surface area contributed by atoms with Crippen molar-refractivity contribution in [2.75, 3.05) is 38.6 Å². The van der Waals surface area contributed by atoms with Crippen molar-refractivity contribution in [3.05, 3.63) is 35.7 Å². The van der Waals surface area contributed by atoms with Crippen LogP contribution < -0.4 is 10.1 Å². The van der Waals surface area contributed by atoms with Gasteiger partial charge >= 0.3 is 6.09 Å². The summed E-state index contributed by atoms with van der Waals surface area (Å²) in [6, 6.07) is 5.75. The summed E-state index contributed by atoms with van der Waals surface area (Å²) in [5.41, 5.74) is 2.26. The Balaban J connectivity index is 1.29. The predicted molar refractivity (Wildman–Crippen MR) is 112 cm³/mol. The number of para-hydroxylation sites is 1. The molecule has 1 amide bonds. The van der Waals surface area contributed by atoms with Gasteiger partial charge in [-0.25, -0.2) is 14.8 Å². The molecule has 3 heterocycles. The van der Waals surface area contributed by atoms with Gasteiger partial charge in [0.25, 0.3) is 0 Å². The zero-order valence-corrected chi connectivity index (χ0v) is 17.5. The van der Waals surface area contributed by atoms with Crippen molar-refractivity contribution in [1.82, 2.24) is 24.9 Å². The third-order valence-corrected chi connectivity index (χ3v) is 5.70. The number of ether oxygens (including phenoxy) is 1. The molecule has 0 bridgehead atoms. The number of hydroxylamine groups is 2. The third kappa shape index (κ3) is 4.42. The van der Waals surface area contributed by atoms with Gasteiger partial charge in [-0.05, 0) is 12.5 Å². The van der Waals surface area contributed by atoms with Crippen LogP contribution in [0.15, 0.2) is 24.5 Å². The van der Waals surface area contributed by atoms with E-state index in [2.05, 4.69) is 25.2 Å². The number of rotatable bonds is 5. The topological polar surface area (TPSA) is 113 Å². The molecule has 0 saturated carbocycles. The van der Waals surface area contributed by atoms with Crippen LogP contribution in [0.2, 0.25) is 0 Å². The summed E-state index contributed by atoms with van der Waals surface area (Å²) in [5.74, 6) is 0.696. The number of fused-ring (bicyclic) bond motifs is 1. The van der Waals surface area contributed by atoms with Crippen molar-refractivity contribution in [1.29, 1.82) is 0 Å². The summed E-state index contributed by atoms with van der Waals surface area (Å²) in [6.45, 7) is 5.11. The molecule has 3 aromatic rings. The van der Waals surface area contributed by atoms with Gasteiger partial charge in [-0.3, -0.25) is 10.2 Å². The molecule has 158 valence electrons. The Morgan fingerprint density at radius 3 is 2.83 bits per heavy atom. The molecule has 4 rings (SSSR count). The zero-order chi connectivity index (χ0) is 21.1. The number of aromatic nitrogens is 3. The van der Waals surface area contributed by atoms with Crippen molar-refractivity contribution in [2.45, 2.75) is 13.5 Å². The Labute approximate surface area is 177 Å². The molecular formula is C19H22N6O4S. The van der Waals surface area contributed by atoms with Crippen LogP contribution >= 0.6 is 11.3 Å². The number of aromatic hydroxyl groups is 1. The van der Waals surface area contributed by atoms with Crippen LogP contribution in [0.25, 0.3) is 10.3 Å². The fourth-order valence-electron chi connectivity index (χ4n) is 3.23. The van der Waals surface area contributed by atoms with E-state index in [-0.39, 0.29) is 0 Å². The first-order chi connectivity index (χ1) is 14.5. The number of carbonyl (C=O) groups excluding carboxylic acids is 1. The summed E-state index contributed by atoms with van der Waals surface area (Å²) in [6.07, 6.45) is 0.781. The Morgan fingerprint density at radius 1 is 1.27 bits per heavy atom. The number of benzene rings is 1. The maximum Gasteiger partial charge on any atom is 0.432 e. The molecule has 10 nitrogen and oxygen atoms in total. The van der Waals surface area contributed by atoms with Crippen LogP contribution in [0.4, 0.5) is 9.93 Å². The molecular weight excluding hydrogens is 408 g/mol. The zero-order valence-electron chi connectivity index (χ0n) is 16.7. The smallest absolute Gasteiger partial charge is 0.432 e. The van der Waals surface area contributed by atoms with Crippen molar-refractivity contribution in [3.63, 3.8) is 0 Å². The molecule has 0 radical (unpaired) electrons. The van der Waals surface area contributed by atoms with Crippen LogP contribution in [-0.2, 0) is 11.4 Å². The van der Waals surface area contributed by atoms with Crippen LogP contribution in [-0.4, -0.2) is 69.4 Å². The van der Waals surface area contributed by atoms with E-state index in [4.69, 9.17) is 9.57 Å². The van der Waals surface area contributed by atoms with E-state index in [1.807, 2.05) is 25.1 Å². The quantitative estimate of drug-likeness (QED) is 0.630. The number of carbonyl (C=O) groups is 1. The van der Waals surface area contributed by atoms with Crippen molar-refractivity contribution < 1.29 is 19.5 Å². The number of hydrogen-bond acceptors (Lipinski definition) is 10. The highest BCUT2D eigenvalue weighted by Gasteiger charge is 2.22. The second-order valence-corrected chi connectivity index (χ2v) is 7.82. The first kappa shape index (κ1) is 20.3. The number of amides is 1. The monoisotopic (exact) mass is 430 g/mol. The van der Waals surface area contributed by atoms with Gasteiger partial charge in [0.15, 0.2) is 15.5 Å². The van der Waals surface area contributed by atoms with E-state index >= 15 is 0 Å². The number of hydrogen-bond donors (Lipinski definition) is 2. The standard InChI is InChI=1S/C19H22N6O4S/c1-12-4-3-5-13(15(12)26)10-24-6-8-25(9-7-24)29-19(27)23-18-22-14-16(28-2)20-11-21-17(14)30-18/h3-5,11,26H,6-10H2,1-2H3,(H,22,23,27). The predicted octanol–water partition coefficient (Wildman–Crippen LogP) is 2.39. The molecule has 2 aromatic heterocycles. The van der Waals surface area contributed by atoms with Crippen LogP contribution in [0.1, 0.15) is 11.1 Å². The van der Waals surface area contributed by atoms with E-state index in [1.54, 1.807) is 5.06 Å². The highest BCUT2D eigenvalue weighted by molar-refractivity contribution is 7.22. The minimum Gasteiger partial charge on any atom is -0.507 e. The Hall–Kier alpha value is -3.02. The highest BCUT2D eigenvalue weighted by atomic mass is 32.1. The highest BCUT2D eigenvalue weighted by Crippen LogP contribution is 2.29. The van der Waals surface area contributed by atoms with Crippen LogP contribution in [0.5, 0.6) is 11.6 Å². The van der Waals surface area contributed by atoms with Gasteiger partial charge in [0.1, 0.15) is 12.1 Å². The maximum absolute atomic E-state index is 12.2. The van der Waals surface area contributed by atoms with E-state index in [0.29, 0.717) is 59.8 Å². The van der Waals surface area contributed by atoms with Crippen molar-refractivity contribution in [3.8, 4) is 11.6 Å². The number of anilines is 1. The van der Waals surface area contributed by atoms with Gasteiger partial charge in [-0.2, -0.15) is 4.98 Å². The van der Waals surface area contributed by atoms with Gasteiger partial charge in [-0.1, -0.05) is 29.5 Å². The molecule has 0 atom stereocenters. The van der Waals surface area contributed by atoms with E-state index in [9.17, 15) is 9.90 Å². The molecule has 0 unspecified atom stereocenters. The number of phenols is 1. The van der Waals surface area contributed by atoms with Gasteiger partial charge < -0.3 is 14.7 Å². The summed E-state index contributed by atoms with van der Waals surface area (Å²) in [5, 5.41) is 14.8. The van der Waals surface area contributed by atoms with Gasteiger partial charge in [-0.15, -0.1) is 5.06 Å². The van der Waals surface area contributed by atoms with Gasteiger partial charge in [0, 0.05) is 38.3 Å². The van der Waals surface area contributed by atoms with Gasteiger partial charge in [0.2, 0.25) is 5.88 Å². The molecule has 2 N–H and O–H groups in total. The summed E-state index contributed by atoms with van der Waals surface area (Å²) in [4.78, 5) is 32.9. The number of thiazole rings is 1. The minimum absolute atomic E-state index is 0.340. The fourth-order valence-corrected chi connectivity index (χ4v) is 4.02. The molecule has 11 heteroatoms. The number of methoxy groups -OCH3 is 1. The Kier molecular flexibility index (Phi) is 5.93. The van der Waals surface area contributed by atoms with Crippen molar-refractivity contribution in [2.24, 2.45) is 0 Å². The average Bonchev–Trinajstić information content (AvgIpc) is 3.15. The maximum atomic E-state index is 12.2. The number of phenolic OH excluding ortho intramolecular Hbond substituents is 1. The van der Waals surface area contributed by atoms with E-state index < -0.39 is 6.09 Å². The van der Waals surface area contributed by atoms with Crippen LogP contribution in [0.3, 0.4) is 0 Å². The second-order valence-electron chi connectivity index (χ2n) is 6.85. The molecule has 0 aliphatic carbocycles. The lowest BCUT2D eigenvalue weighted by molar-refractivity contribution is -0.119. The lowest BCUT2D eigenvalue weighted by atomic mass is 10.1. The fraction of sp³-hybridized carbons (Fsp3) is 0.368. The van der Waals surface area contributed by atoms with Gasteiger partial charge in [0.05, 0.1) is 7.11 Å². The summed E-state index contributed by atoms with van der Waals surface area (Å²) < 4.78 is 5.15. The number of nitrogens with one attached hydrogen (secondary N) is 1. The number of piperazine rings is 1. The van der Waals surface area contributed by atoms with E-state index in [0.717, 1.165) is 11.1 Å². The van der Waals surface area contributed by atoms with Crippen molar-refractivity contribution >= 4 is 32.9 Å². The second kappa shape index (κ2) is 8.78. The Morgan fingerprint density at radius 2 is 2.07 bits per heavy atom. The molecule has 30 heavy (non-hydrogen) atoms.